The molecule has 1 fully saturated rings. The summed E-state index contributed by atoms with van der Waals surface area (Å²) in [4.78, 5) is 28.5. The van der Waals surface area contributed by atoms with Gasteiger partial charge < -0.3 is 10.2 Å². The number of carbonyl (C=O) groups is 2. The first-order chi connectivity index (χ1) is 10.9. The third-order valence-corrected chi connectivity index (χ3v) is 5.92. The molecule has 1 N–H and O–H groups in total. The molecule has 5 nitrogen and oxygen atoms in total. The van der Waals surface area contributed by atoms with Crippen LogP contribution in [0.4, 0.5) is 10.5 Å². The van der Waals surface area contributed by atoms with Gasteiger partial charge in [0, 0.05) is 29.9 Å². The fourth-order valence-corrected chi connectivity index (χ4v) is 5.25. The van der Waals surface area contributed by atoms with Crippen LogP contribution in [-0.4, -0.2) is 41.2 Å². The molecule has 124 valence electrons. The highest BCUT2D eigenvalue weighted by Crippen LogP contribution is 2.59. The van der Waals surface area contributed by atoms with E-state index in [1.807, 2.05) is 38.1 Å². The summed E-state index contributed by atoms with van der Waals surface area (Å²) in [6.45, 7) is 9.72. The molecule has 0 aliphatic carbocycles. The summed E-state index contributed by atoms with van der Waals surface area (Å²) < 4.78 is -0.183. The molecule has 1 spiro atoms. The van der Waals surface area contributed by atoms with Crippen LogP contribution >= 0.6 is 11.8 Å². The van der Waals surface area contributed by atoms with Crippen molar-refractivity contribution in [1.29, 1.82) is 0 Å². The van der Waals surface area contributed by atoms with Gasteiger partial charge in [0.2, 0.25) is 0 Å². The molecule has 3 rings (SSSR count). The number of nitrogens with one attached hydrogen (secondary N) is 1. The molecule has 0 radical (unpaired) electrons. The van der Waals surface area contributed by atoms with E-state index in [1.165, 1.54) is 0 Å². The second-order valence-electron chi connectivity index (χ2n) is 6.49. The van der Waals surface area contributed by atoms with Gasteiger partial charge in [0.05, 0.1) is 5.69 Å². The molecule has 0 saturated carbocycles. The molecule has 23 heavy (non-hydrogen) atoms. The minimum atomic E-state index is -0.949. The van der Waals surface area contributed by atoms with E-state index in [0.29, 0.717) is 19.6 Å². The summed E-state index contributed by atoms with van der Waals surface area (Å²) in [6, 6.07) is 7.65. The number of anilines is 1. The van der Waals surface area contributed by atoms with E-state index in [-0.39, 0.29) is 16.7 Å². The zero-order valence-electron chi connectivity index (χ0n) is 14.0. The number of thioether (sulfide) groups is 1. The molecule has 2 aliphatic heterocycles. The smallest absolute Gasteiger partial charge is 0.319 e. The van der Waals surface area contributed by atoms with Crippen LogP contribution < -0.4 is 10.2 Å². The average molecular weight is 333 g/mol. The Morgan fingerprint density at radius 2 is 2.00 bits per heavy atom. The van der Waals surface area contributed by atoms with Gasteiger partial charge >= 0.3 is 6.03 Å². The van der Waals surface area contributed by atoms with E-state index < -0.39 is 4.87 Å². The van der Waals surface area contributed by atoms with Crippen LogP contribution in [0.25, 0.3) is 0 Å². The second-order valence-corrected chi connectivity index (χ2v) is 8.39. The lowest BCUT2D eigenvalue weighted by Crippen LogP contribution is -2.53. The molecule has 1 aromatic carbocycles. The van der Waals surface area contributed by atoms with Gasteiger partial charge in [-0.2, -0.15) is 0 Å². The second kappa shape index (κ2) is 5.44. The number of amides is 3. The number of carbonyl (C=O) groups excluding carboxylic acids is 2. The molecule has 2 heterocycles. The highest BCUT2D eigenvalue weighted by atomic mass is 32.2. The molecule has 0 bridgehead atoms. The van der Waals surface area contributed by atoms with E-state index in [2.05, 4.69) is 19.2 Å². The standard InChI is InChI=1S/C17H23N3O2S/c1-5-18-15(22)20-11-16(3,4)23-17(20)12-9-7-8-10-13(12)19(6-2)14(17)21/h7-10H,5-6,11H2,1-4H3,(H,18,22). The van der Waals surface area contributed by atoms with Crippen molar-refractivity contribution in [1.82, 2.24) is 10.2 Å². The summed E-state index contributed by atoms with van der Waals surface area (Å²) in [6.07, 6.45) is 0. The zero-order valence-corrected chi connectivity index (χ0v) is 14.9. The van der Waals surface area contributed by atoms with Gasteiger partial charge in [-0.3, -0.25) is 9.69 Å². The Kier molecular flexibility index (Phi) is 3.83. The third kappa shape index (κ3) is 2.23. The Morgan fingerprint density at radius 1 is 1.30 bits per heavy atom. The molecule has 1 saturated heterocycles. The molecule has 1 atom stereocenters. The van der Waals surface area contributed by atoms with Crippen molar-refractivity contribution in [3.63, 3.8) is 0 Å². The minimum absolute atomic E-state index is 0.0111. The molecule has 1 unspecified atom stereocenters. The normalized spacial score (nSPS) is 25.1. The highest BCUT2D eigenvalue weighted by molar-refractivity contribution is 8.02. The van der Waals surface area contributed by atoms with E-state index >= 15 is 0 Å². The predicted octanol–water partition coefficient (Wildman–Crippen LogP) is 2.76. The Bertz CT molecular complexity index is 661. The Labute approximate surface area is 141 Å². The van der Waals surface area contributed by atoms with Gasteiger partial charge in [-0.05, 0) is 33.8 Å². The van der Waals surface area contributed by atoms with Crippen molar-refractivity contribution in [2.45, 2.75) is 37.3 Å². The quantitative estimate of drug-likeness (QED) is 0.905. The number of nitrogens with zero attached hydrogens (tertiary/aromatic N) is 2. The van der Waals surface area contributed by atoms with Crippen molar-refractivity contribution in [2.24, 2.45) is 0 Å². The molecule has 2 aliphatic rings. The fourth-order valence-electron chi connectivity index (χ4n) is 3.52. The fraction of sp³-hybridized carbons (Fsp3) is 0.529. The molecule has 1 aromatic rings. The van der Waals surface area contributed by atoms with E-state index in [9.17, 15) is 9.59 Å². The van der Waals surface area contributed by atoms with Gasteiger partial charge in [-0.1, -0.05) is 18.2 Å². The number of rotatable bonds is 2. The lowest BCUT2D eigenvalue weighted by molar-refractivity contribution is -0.123. The Morgan fingerprint density at radius 3 is 2.65 bits per heavy atom. The van der Waals surface area contributed by atoms with Gasteiger partial charge in [0.15, 0.2) is 4.87 Å². The average Bonchev–Trinajstić information content (AvgIpc) is 2.93. The Hall–Kier alpha value is -1.69. The van der Waals surface area contributed by atoms with Gasteiger partial charge in [0.25, 0.3) is 5.91 Å². The summed E-state index contributed by atoms with van der Waals surface area (Å²) in [7, 11) is 0. The summed E-state index contributed by atoms with van der Waals surface area (Å²) in [5.41, 5.74) is 1.84. The van der Waals surface area contributed by atoms with Crippen LogP contribution in [0, 0.1) is 0 Å². The first-order valence-corrected chi connectivity index (χ1v) is 8.86. The summed E-state index contributed by atoms with van der Waals surface area (Å²) in [5, 5.41) is 2.86. The van der Waals surface area contributed by atoms with Crippen LogP contribution in [0.5, 0.6) is 0 Å². The maximum Gasteiger partial charge on any atom is 0.319 e. The molecule has 6 heteroatoms. The molecule has 0 aromatic heterocycles. The van der Waals surface area contributed by atoms with E-state index in [1.54, 1.807) is 21.6 Å². The van der Waals surface area contributed by atoms with Crippen molar-refractivity contribution in [2.75, 3.05) is 24.5 Å². The van der Waals surface area contributed by atoms with E-state index in [4.69, 9.17) is 0 Å². The van der Waals surface area contributed by atoms with Crippen LogP contribution in [0.15, 0.2) is 24.3 Å². The number of hydrogen-bond donors (Lipinski definition) is 1. The number of fused-ring (bicyclic) bond motifs is 2. The zero-order chi connectivity index (χ0) is 16.8. The van der Waals surface area contributed by atoms with Gasteiger partial charge in [0.1, 0.15) is 0 Å². The number of urea groups is 1. The van der Waals surface area contributed by atoms with Crippen molar-refractivity contribution in [3.05, 3.63) is 29.8 Å². The van der Waals surface area contributed by atoms with Crippen LogP contribution in [0.1, 0.15) is 33.3 Å². The lowest BCUT2D eigenvalue weighted by Gasteiger charge is -2.32. The Balaban J connectivity index is 2.18. The number of benzene rings is 1. The number of para-hydroxylation sites is 1. The highest BCUT2D eigenvalue weighted by Gasteiger charge is 2.63. The van der Waals surface area contributed by atoms with Crippen LogP contribution in [0.3, 0.4) is 0 Å². The van der Waals surface area contributed by atoms with Crippen molar-refractivity contribution < 1.29 is 9.59 Å². The largest absolute Gasteiger partial charge is 0.338 e. The lowest BCUT2D eigenvalue weighted by atomic mass is 10.1. The van der Waals surface area contributed by atoms with Crippen LogP contribution in [0.2, 0.25) is 0 Å². The monoisotopic (exact) mass is 333 g/mol. The molecular weight excluding hydrogens is 310 g/mol. The SMILES string of the molecule is CCNC(=O)N1CC(C)(C)SC12C(=O)N(CC)c1ccccc12. The minimum Gasteiger partial charge on any atom is -0.338 e. The first kappa shape index (κ1) is 16.2. The van der Waals surface area contributed by atoms with Crippen LogP contribution in [-0.2, 0) is 9.67 Å². The first-order valence-electron chi connectivity index (χ1n) is 8.04. The van der Waals surface area contributed by atoms with Gasteiger partial charge in [-0.15, -0.1) is 11.8 Å². The maximum absolute atomic E-state index is 13.3. The summed E-state index contributed by atoms with van der Waals surface area (Å²) in [5.74, 6) is -0.0111. The van der Waals surface area contributed by atoms with Crippen molar-refractivity contribution in [3.8, 4) is 0 Å². The molecular formula is C17H23N3O2S. The third-order valence-electron chi connectivity index (χ3n) is 4.33. The van der Waals surface area contributed by atoms with E-state index in [0.717, 1.165) is 11.3 Å². The number of likely N-dealkylation sites (N-methyl/N-ethyl adjacent to an activating group) is 1. The van der Waals surface area contributed by atoms with Gasteiger partial charge in [-0.25, -0.2) is 4.79 Å². The topological polar surface area (TPSA) is 52.7 Å². The summed E-state index contributed by atoms with van der Waals surface area (Å²) >= 11 is 1.58. The predicted molar refractivity (Wildman–Crippen MR) is 93.6 cm³/mol. The number of hydrogen-bond acceptors (Lipinski definition) is 3. The maximum atomic E-state index is 13.3. The van der Waals surface area contributed by atoms with Crippen molar-refractivity contribution >= 4 is 29.4 Å². The molecule has 3 amide bonds.